The van der Waals surface area contributed by atoms with Crippen LogP contribution < -0.4 is 0 Å². The molecule has 29 heavy (non-hydrogen) atoms. The molecular formula is C26H36N2O. The highest BCUT2D eigenvalue weighted by atomic mass is 16.3. The zero-order valence-corrected chi connectivity index (χ0v) is 18.8. The van der Waals surface area contributed by atoms with E-state index in [0.717, 1.165) is 50.0 Å². The Morgan fingerprint density at radius 1 is 1.34 bits per heavy atom. The third-order valence-electron chi connectivity index (χ3n) is 6.56. The van der Waals surface area contributed by atoms with Gasteiger partial charge in [-0.3, -0.25) is 0 Å². The Bertz CT molecular complexity index is 961. The first-order valence-electron chi connectivity index (χ1n) is 10.9. The van der Waals surface area contributed by atoms with Crippen LogP contribution >= 0.6 is 0 Å². The summed E-state index contributed by atoms with van der Waals surface area (Å²) < 4.78 is 2.50. The highest BCUT2D eigenvalue weighted by Crippen LogP contribution is 2.32. The van der Waals surface area contributed by atoms with E-state index in [4.69, 9.17) is 0 Å². The lowest BCUT2D eigenvalue weighted by Crippen LogP contribution is -2.27. The predicted octanol–water partition coefficient (Wildman–Crippen LogP) is 6.32. The van der Waals surface area contributed by atoms with Crippen LogP contribution in [0, 0.1) is 12.8 Å². The lowest BCUT2D eigenvalue weighted by Gasteiger charge is -2.24. The van der Waals surface area contributed by atoms with Crippen molar-refractivity contribution in [1.29, 1.82) is 0 Å². The minimum atomic E-state index is 0.387. The van der Waals surface area contributed by atoms with Crippen molar-refractivity contribution in [2.24, 2.45) is 5.92 Å². The van der Waals surface area contributed by atoms with Gasteiger partial charge < -0.3 is 14.6 Å². The van der Waals surface area contributed by atoms with E-state index in [9.17, 15) is 5.11 Å². The van der Waals surface area contributed by atoms with E-state index in [1.54, 1.807) is 0 Å². The second-order valence-corrected chi connectivity index (χ2v) is 8.64. The molecule has 1 unspecified atom stereocenters. The highest BCUT2D eigenvalue weighted by Gasteiger charge is 2.22. The Kier molecular flexibility index (Phi) is 6.69. The van der Waals surface area contributed by atoms with Crippen LogP contribution in [0.3, 0.4) is 0 Å². The van der Waals surface area contributed by atoms with Crippen molar-refractivity contribution in [2.45, 2.75) is 60.0 Å². The van der Waals surface area contributed by atoms with Gasteiger partial charge in [-0.25, -0.2) is 0 Å². The molecule has 0 saturated carbocycles. The van der Waals surface area contributed by atoms with Gasteiger partial charge in [0.2, 0.25) is 0 Å². The summed E-state index contributed by atoms with van der Waals surface area (Å²) in [5.74, 6) is 0.781. The molecule has 0 spiro atoms. The zero-order valence-electron chi connectivity index (χ0n) is 18.8. The number of fused-ring (bicyclic) bond motifs is 3. The van der Waals surface area contributed by atoms with E-state index in [-0.39, 0.29) is 0 Å². The van der Waals surface area contributed by atoms with Crippen LogP contribution in [0.25, 0.3) is 10.9 Å². The van der Waals surface area contributed by atoms with Gasteiger partial charge in [0.15, 0.2) is 0 Å². The summed E-state index contributed by atoms with van der Waals surface area (Å²) in [6, 6.07) is 6.81. The third-order valence-corrected chi connectivity index (χ3v) is 6.56. The van der Waals surface area contributed by atoms with Crippen LogP contribution in [-0.4, -0.2) is 28.2 Å². The zero-order chi connectivity index (χ0) is 21.1. The summed E-state index contributed by atoms with van der Waals surface area (Å²) >= 11 is 0. The Morgan fingerprint density at radius 2 is 2.10 bits per heavy atom. The molecule has 3 heteroatoms. The third kappa shape index (κ3) is 4.51. The van der Waals surface area contributed by atoms with Gasteiger partial charge in [0.05, 0.1) is 0 Å². The topological polar surface area (TPSA) is 28.4 Å². The van der Waals surface area contributed by atoms with Gasteiger partial charge in [-0.2, -0.15) is 0 Å². The predicted molar refractivity (Wildman–Crippen MR) is 124 cm³/mol. The number of aliphatic hydroxyl groups is 1. The number of hydrogen-bond acceptors (Lipinski definition) is 2. The Balaban J connectivity index is 1.92. The van der Waals surface area contributed by atoms with E-state index in [1.807, 2.05) is 19.1 Å². The summed E-state index contributed by atoms with van der Waals surface area (Å²) in [5.41, 5.74) is 7.73. The number of rotatable bonds is 7. The number of allylic oxidation sites excluding steroid dienone is 4. The molecule has 0 aliphatic carbocycles. The molecule has 0 radical (unpaired) electrons. The summed E-state index contributed by atoms with van der Waals surface area (Å²) in [6.07, 6.45) is 6.77. The number of aryl methyl sites for hydroxylation is 2. The van der Waals surface area contributed by atoms with Crippen molar-refractivity contribution in [2.75, 3.05) is 13.6 Å². The largest absolute Gasteiger partial charge is 0.508 e. The molecule has 1 atom stereocenters. The second-order valence-electron chi connectivity index (χ2n) is 8.64. The maximum absolute atomic E-state index is 10.5. The van der Waals surface area contributed by atoms with Crippen molar-refractivity contribution >= 4 is 10.9 Å². The lowest BCUT2D eigenvalue weighted by atomic mass is 9.98. The number of aliphatic hydroxyl groups excluding tert-OH is 1. The van der Waals surface area contributed by atoms with Crippen LogP contribution in [-0.2, 0) is 19.5 Å². The average molecular weight is 393 g/mol. The molecule has 0 fully saturated rings. The second kappa shape index (κ2) is 9.04. The van der Waals surface area contributed by atoms with E-state index >= 15 is 0 Å². The first kappa shape index (κ1) is 21.4. The summed E-state index contributed by atoms with van der Waals surface area (Å²) in [5, 5.41) is 11.9. The molecule has 1 N–H and O–H groups in total. The Labute approximate surface area is 176 Å². The molecule has 0 amide bonds. The van der Waals surface area contributed by atoms with E-state index in [0.29, 0.717) is 11.7 Å². The number of hydrogen-bond donors (Lipinski definition) is 1. The Morgan fingerprint density at radius 3 is 2.79 bits per heavy atom. The fourth-order valence-electron chi connectivity index (χ4n) is 4.28. The van der Waals surface area contributed by atoms with Gasteiger partial charge in [-0.05, 0) is 74.6 Å². The van der Waals surface area contributed by atoms with Crippen molar-refractivity contribution in [3.63, 3.8) is 0 Å². The smallest absolute Gasteiger partial charge is 0.115 e. The molecule has 1 aliphatic heterocycles. The minimum absolute atomic E-state index is 0.387. The summed E-state index contributed by atoms with van der Waals surface area (Å²) in [7, 11) is 2.20. The molecule has 1 aliphatic rings. The monoisotopic (exact) mass is 392 g/mol. The van der Waals surface area contributed by atoms with Crippen LogP contribution in [0.4, 0.5) is 0 Å². The number of benzene rings is 1. The molecular weight excluding hydrogens is 356 g/mol. The van der Waals surface area contributed by atoms with Gasteiger partial charge in [0, 0.05) is 42.7 Å². The average Bonchev–Trinajstić information content (AvgIpc) is 3.01. The first-order chi connectivity index (χ1) is 13.8. The molecule has 0 bridgehead atoms. The van der Waals surface area contributed by atoms with Crippen LogP contribution in [0.15, 0.2) is 53.8 Å². The molecule has 156 valence electrons. The van der Waals surface area contributed by atoms with Crippen LogP contribution in [0.5, 0.6) is 0 Å². The molecule has 1 aromatic heterocycles. The Hall–Kier alpha value is -2.26. The summed E-state index contributed by atoms with van der Waals surface area (Å²) in [6.45, 7) is 15.5. The fraction of sp³-hybridized carbons (Fsp3) is 0.462. The van der Waals surface area contributed by atoms with Crippen molar-refractivity contribution < 1.29 is 5.11 Å². The highest BCUT2D eigenvalue weighted by molar-refractivity contribution is 5.86. The van der Waals surface area contributed by atoms with Gasteiger partial charge in [-0.1, -0.05) is 38.1 Å². The first-order valence-corrected chi connectivity index (χ1v) is 10.9. The minimum Gasteiger partial charge on any atom is -0.508 e. The van der Waals surface area contributed by atoms with Crippen LogP contribution in [0.1, 0.15) is 50.4 Å². The molecule has 2 heterocycles. The number of likely N-dealkylation sites (N-methyl/N-ethyl adjacent to an activating group) is 1. The molecule has 2 aromatic rings. The SMILES string of the molecule is C=C/C(=C\C(O)=C(\C)C(C)CC)CCn1c2c(c3cc(C)ccc31)CN(C)CC2. The lowest BCUT2D eigenvalue weighted by molar-refractivity contribution is 0.309. The molecule has 3 rings (SSSR count). The van der Waals surface area contributed by atoms with Gasteiger partial charge in [0.25, 0.3) is 0 Å². The molecule has 0 saturated heterocycles. The molecule has 3 nitrogen and oxygen atoms in total. The standard InChI is InChI=1S/C26H36N2O/c1-7-19(4)20(5)26(29)16-21(8-2)11-14-28-24-10-9-18(3)15-22(24)23-17-27(6)13-12-25(23)28/h8-10,15-16,19,29H,2,7,11-14,17H2,1,3-6H3/b21-16+,26-20+. The van der Waals surface area contributed by atoms with E-state index in [2.05, 4.69) is 62.1 Å². The maximum atomic E-state index is 10.5. The van der Waals surface area contributed by atoms with Gasteiger partial charge >= 0.3 is 0 Å². The number of aromatic nitrogens is 1. The van der Waals surface area contributed by atoms with Crippen molar-refractivity contribution in [3.05, 3.63) is 70.7 Å². The summed E-state index contributed by atoms with van der Waals surface area (Å²) in [4.78, 5) is 2.41. The van der Waals surface area contributed by atoms with Crippen LogP contribution in [0.2, 0.25) is 0 Å². The fourth-order valence-corrected chi connectivity index (χ4v) is 4.28. The number of nitrogens with zero attached hydrogens (tertiary/aromatic N) is 2. The maximum Gasteiger partial charge on any atom is 0.115 e. The molecule has 1 aromatic carbocycles. The van der Waals surface area contributed by atoms with E-state index in [1.165, 1.54) is 27.7 Å². The van der Waals surface area contributed by atoms with Crippen molar-refractivity contribution in [1.82, 2.24) is 9.47 Å². The van der Waals surface area contributed by atoms with E-state index < -0.39 is 0 Å². The van der Waals surface area contributed by atoms with Gasteiger partial charge in [-0.15, -0.1) is 0 Å². The van der Waals surface area contributed by atoms with Gasteiger partial charge in [0.1, 0.15) is 5.76 Å². The van der Waals surface area contributed by atoms with Crippen molar-refractivity contribution in [3.8, 4) is 0 Å². The normalized spacial score (nSPS) is 17.2. The quantitative estimate of drug-likeness (QED) is 0.441.